The summed E-state index contributed by atoms with van der Waals surface area (Å²) in [6, 6.07) is 0. The van der Waals surface area contributed by atoms with E-state index in [1.807, 2.05) is 6.08 Å². The molecule has 2 saturated carbocycles. The van der Waals surface area contributed by atoms with Crippen molar-refractivity contribution in [1.29, 1.82) is 0 Å². The Balaban J connectivity index is 1.92. The number of sulfonamides is 1. The van der Waals surface area contributed by atoms with Gasteiger partial charge in [-0.15, -0.1) is 6.58 Å². The van der Waals surface area contributed by atoms with E-state index in [1.165, 1.54) is 12.8 Å². The van der Waals surface area contributed by atoms with Crippen LogP contribution < -0.4 is 4.72 Å². The fourth-order valence-electron chi connectivity index (χ4n) is 2.69. The molecule has 1 N–H and O–H groups in total. The number of carbonyl (C=O) groups excluding carboxylic acids is 1. The zero-order chi connectivity index (χ0) is 16.4. The molecule has 124 valence electrons. The van der Waals surface area contributed by atoms with E-state index in [0.29, 0.717) is 19.3 Å². The summed E-state index contributed by atoms with van der Waals surface area (Å²) >= 11 is 0. The van der Waals surface area contributed by atoms with E-state index in [-0.39, 0.29) is 5.92 Å². The fourth-order valence-corrected chi connectivity index (χ4v) is 4.01. The van der Waals surface area contributed by atoms with Crippen LogP contribution in [0.2, 0.25) is 0 Å². The first-order valence-corrected chi connectivity index (χ1v) is 9.67. The molecule has 0 bridgehead atoms. The summed E-state index contributed by atoms with van der Waals surface area (Å²) in [5.74, 6) is -0.340. The summed E-state index contributed by atoms with van der Waals surface area (Å²) < 4.78 is 25.9. The Bertz CT molecular complexity index is 575. The van der Waals surface area contributed by atoms with Gasteiger partial charge in [0.25, 0.3) is 0 Å². The molecule has 2 aliphatic rings. The van der Waals surface area contributed by atoms with E-state index in [0.717, 1.165) is 12.8 Å². The van der Waals surface area contributed by atoms with Gasteiger partial charge in [0, 0.05) is 0 Å². The van der Waals surface area contributed by atoms with E-state index < -0.39 is 26.1 Å². The molecule has 1 amide bonds. The number of carbonyl (C=O) groups is 1. The van der Waals surface area contributed by atoms with E-state index in [9.17, 15) is 13.2 Å². The summed E-state index contributed by atoms with van der Waals surface area (Å²) in [6.07, 6.45) is 12.2. The smallest absolute Gasteiger partial charge is 0.244 e. The Morgan fingerprint density at radius 2 is 2.05 bits per heavy atom. The first-order chi connectivity index (χ1) is 10.3. The molecule has 4 nitrogen and oxygen atoms in total. The molecule has 0 radical (unpaired) electrons. The van der Waals surface area contributed by atoms with Gasteiger partial charge in [-0.1, -0.05) is 38.0 Å². The van der Waals surface area contributed by atoms with Crippen molar-refractivity contribution in [2.45, 2.75) is 63.5 Å². The standard InChI is InChI=1S/C17H27NO3S/c1-4-6-7-8-9-10-14-13-17(14,5-2)15(19)18-22(20,21)16(3)11-12-16/h5,9-10,14H,2,4,6-8,11-13H2,1,3H3,(H,18,19). The van der Waals surface area contributed by atoms with E-state index >= 15 is 0 Å². The molecule has 0 aromatic heterocycles. The van der Waals surface area contributed by atoms with Crippen LogP contribution in [0.3, 0.4) is 0 Å². The number of nitrogens with one attached hydrogen (secondary N) is 1. The second-order valence-corrected chi connectivity index (χ2v) is 9.06. The lowest BCUT2D eigenvalue weighted by Crippen LogP contribution is -2.42. The minimum atomic E-state index is -3.57. The van der Waals surface area contributed by atoms with E-state index in [2.05, 4.69) is 24.3 Å². The number of hydrogen-bond acceptors (Lipinski definition) is 3. The molecule has 0 heterocycles. The van der Waals surface area contributed by atoms with Crippen molar-refractivity contribution in [1.82, 2.24) is 4.72 Å². The highest BCUT2D eigenvalue weighted by Gasteiger charge is 2.59. The lowest BCUT2D eigenvalue weighted by molar-refractivity contribution is -0.123. The van der Waals surface area contributed by atoms with Gasteiger partial charge in [-0.05, 0) is 44.9 Å². The van der Waals surface area contributed by atoms with E-state index in [4.69, 9.17) is 0 Å². The van der Waals surface area contributed by atoms with Crippen LogP contribution in [0, 0.1) is 11.3 Å². The molecule has 0 aromatic carbocycles. The Hall–Kier alpha value is -1.10. The third kappa shape index (κ3) is 3.29. The van der Waals surface area contributed by atoms with Gasteiger partial charge in [-0.3, -0.25) is 9.52 Å². The number of unbranched alkanes of at least 4 members (excludes halogenated alkanes) is 3. The van der Waals surface area contributed by atoms with Crippen molar-refractivity contribution in [3.63, 3.8) is 0 Å². The van der Waals surface area contributed by atoms with Crippen LogP contribution in [0.25, 0.3) is 0 Å². The van der Waals surface area contributed by atoms with E-state index in [1.54, 1.807) is 13.0 Å². The molecule has 0 aromatic rings. The lowest BCUT2D eigenvalue weighted by atomic mass is 10.0. The highest BCUT2D eigenvalue weighted by Crippen LogP contribution is 2.55. The Kier molecular flexibility index (Phi) is 4.85. The number of allylic oxidation sites excluding steroid dienone is 2. The van der Waals surface area contributed by atoms with Crippen LogP contribution in [-0.2, 0) is 14.8 Å². The molecule has 2 unspecified atom stereocenters. The largest absolute Gasteiger partial charge is 0.273 e. The van der Waals surface area contributed by atoms with Crippen molar-refractivity contribution in [2.75, 3.05) is 0 Å². The van der Waals surface area contributed by atoms with Crippen LogP contribution in [0.5, 0.6) is 0 Å². The van der Waals surface area contributed by atoms with Crippen LogP contribution in [0.15, 0.2) is 24.8 Å². The van der Waals surface area contributed by atoms with Gasteiger partial charge >= 0.3 is 0 Å². The minimum absolute atomic E-state index is 0.0776. The van der Waals surface area contributed by atoms with Gasteiger partial charge in [-0.25, -0.2) is 8.42 Å². The second kappa shape index (κ2) is 6.19. The molecule has 0 aliphatic heterocycles. The first kappa shape index (κ1) is 17.3. The maximum absolute atomic E-state index is 12.4. The van der Waals surface area contributed by atoms with Gasteiger partial charge in [0.2, 0.25) is 15.9 Å². The number of rotatable bonds is 9. The van der Waals surface area contributed by atoms with Crippen molar-refractivity contribution in [2.24, 2.45) is 11.3 Å². The van der Waals surface area contributed by atoms with Crippen molar-refractivity contribution in [3.8, 4) is 0 Å². The van der Waals surface area contributed by atoms with Crippen molar-refractivity contribution < 1.29 is 13.2 Å². The van der Waals surface area contributed by atoms with Crippen LogP contribution in [0.1, 0.15) is 58.8 Å². The third-order valence-electron chi connectivity index (χ3n) is 5.02. The topological polar surface area (TPSA) is 63.2 Å². The van der Waals surface area contributed by atoms with Crippen molar-refractivity contribution >= 4 is 15.9 Å². The van der Waals surface area contributed by atoms with Gasteiger partial charge in [-0.2, -0.15) is 0 Å². The summed E-state index contributed by atoms with van der Waals surface area (Å²) in [5, 5.41) is 0. The fraction of sp³-hybridized carbons (Fsp3) is 0.706. The molecule has 5 heteroatoms. The van der Waals surface area contributed by atoms with Crippen LogP contribution in [0.4, 0.5) is 0 Å². The number of amides is 1. The van der Waals surface area contributed by atoms with Gasteiger partial charge in [0.15, 0.2) is 0 Å². The molecule has 2 aliphatic carbocycles. The maximum Gasteiger partial charge on any atom is 0.244 e. The molecule has 2 rings (SSSR count). The Labute approximate surface area is 134 Å². The second-order valence-electron chi connectivity index (χ2n) is 6.86. The minimum Gasteiger partial charge on any atom is -0.273 e. The average Bonchev–Trinajstić information content (AvgIpc) is 3.35. The van der Waals surface area contributed by atoms with Gasteiger partial charge < -0.3 is 0 Å². The molecular formula is C17H27NO3S. The zero-order valence-electron chi connectivity index (χ0n) is 13.6. The lowest BCUT2D eigenvalue weighted by Gasteiger charge is -2.16. The molecule has 0 saturated heterocycles. The summed E-state index contributed by atoms with van der Waals surface area (Å²) in [4.78, 5) is 12.4. The van der Waals surface area contributed by atoms with Gasteiger partial charge in [0.05, 0.1) is 10.2 Å². The van der Waals surface area contributed by atoms with Crippen LogP contribution >= 0.6 is 0 Å². The predicted molar refractivity (Wildman–Crippen MR) is 88.7 cm³/mol. The molecular weight excluding hydrogens is 298 g/mol. The Morgan fingerprint density at radius 1 is 1.36 bits per heavy atom. The normalized spacial score (nSPS) is 29.3. The van der Waals surface area contributed by atoms with Crippen LogP contribution in [-0.4, -0.2) is 19.1 Å². The quantitative estimate of drug-likeness (QED) is 0.522. The molecule has 22 heavy (non-hydrogen) atoms. The highest BCUT2D eigenvalue weighted by atomic mass is 32.2. The number of hydrogen-bond donors (Lipinski definition) is 1. The summed E-state index contributed by atoms with van der Waals surface area (Å²) in [5.41, 5.74) is -0.737. The average molecular weight is 325 g/mol. The molecule has 2 atom stereocenters. The monoisotopic (exact) mass is 325 g/mol. The SMILES string of the molecule is C=CC1(C(=O)NS(=O)(=O)C2(C)CC2)CC1C=CCCCCC. The molecule has 2 fully saturated rings. The maximum atomic E-state index is 12.4. The third-order valence-corrected chi connectivity index (χ3v) is 7.18. The summed E-state index contributed by atoms with van der Waals surface area (Å²) in [7, 11) is -3.57. The highest BCUT2D eigenvalue weighted by molar-refractivity contribution is 7.91. The zero-order valence-corrected chi connectivity index (χ0v) is 14.4. The first-order valence-electron chi connectivity index (χ1n) is 8.18. The molecule has 0 spiro atoms. The Morgan fingerprint density at radius 3 is 2.59 bits per heavy atom. The van der Waals surface area contributed by atoms with Crippen molar-refractivity contribution in [3.05, 3.63) is 24.8 Å². The summed E-state index contributed by atoms with van der Waals surface area (Å²) in [6.45, 7) is 7.59. The van der Waals surface area contributed by atoms with Gasteiger partial charge in [0.1, 0.15) is 0 Å². The predicted octanol–water partition coefficient (Wildman–Crippen LogP) is 3.31.